The molecular weight excluding hydrogens is 360 g/mol. The molecule has 0 saturated heterocycles. The van der Waals surface area contributed by atoms with Crippen LogP contribution in [-0.4, -0.2) is 43.5 Å². The van der Waals surface area contributed by atoms with E-state index in [-0.39, 0.29) is 17.2 Å². The third kappa shape index (κ3) is 5.11. The van der Waals surface area contributed by atoms with Crippen LogP contribution in [-0.2, 0) is 19.6 Å². The number of hydrogen-bond donors (Lipinski definition) is 1. The molecule has 0 unspecified atom stereocenters. The molecule has 0 aliphatic heterocycles. The fourth-order valence-corrected chi connectivity index (χ4v) is 3.46. The number of aliphatic hydroxyl groups is 1. The summed E-state index contributed by atoms with van der Waals surface area (Å²) in [6.45, 7) is 5.66. The number of allylic oxidation sites excluding steroid dienone is 1. The van der Waals surface area contributed by atoms with Gasteiger partial charge in [0, 0.05) is 13.1 Å². The minimum absolute atomic E-state index is 0.0174. The van der Waals surface area contributed by atoms with Crippen molar-refractivity contribution in [2.24, 2.45) is 10.2 Å². The maximum absolute atomic E-state index is 12.5. The molecular formula is C16H20N4O5S. The molecule has 0 fully saturated rings. The average molecular weight is 380 g/mol. The molecule has 0 bridgehead atoms. The average Bonchev–Trinajstić information content (AvgIpc) is 2.63. The number of ether oxygens (including phenoxy) is 1. The Balaban J connectivity index is 3.25. The zero-order valence-electron chi connectivity index (χ0n) is 14.7. The maximum Gasteiger partial charge on any atom is 0.363 e. The third-order valence-corrected chi connectivity index (χ3v) is 5.27. The lowest BCUT2D eigenvalue weighted by Gasteiger charge is -2.18. The highest BCUT2D eigenvalue weighted by atomic mass is 32.2. The molecule has 1 rings (SSSR count). The van der Waals surface area contributed by atoms with Crippen molar-refractivity contribution in [1.29, 1.82) is 5.26 Å². The van der Waals surface area contributed by atoms with Gasteiger partial charge >= 0.3 is 5.97 Å². The second-order valence-electron chi connectivity index (χ2n) is 4.82. The second kappa shape index (κ2) is 9.65. The van der Waals surface area contributed by atoms with Gasteiger partial charge in [-0.1, -0.05) is 19.9 Å². The Hall–Kier alpha value is -2.77. The molecule has 1 aromatic carbocycles. The van der Waals surface area contributed by atoms with Gasteiger partial charge in [0.2, 0.25) is 21.5 Å². The van der Waals surface area contributed by atoms with Gasteiger partial charge in [0.25, 0.3) is 0 Å². The minimum atomic E-state index is -3.68. The Bertz CT molecular complexity index is 852. The van der Waals surface area contributed by atoms with E-state index >= 15 is 0 Å². The van der Waals surface area contributed by atoms with Crippen LogP contribution >= 0.6 is 0 Å². The van der Waals surface area contributed by atoms with Gasteiger partial charge in [-0.05, 0) is 25.1 Å². The number of carbonyl (C=O) groups is 1. The van der Waals surface area contributed by atoms with Gasteiger partial charge in [0.05, 0.1) is 17.2 Å². The van der Waals surface area contributed by atoms with E-state index in [9.17, 15) is 18.3 Å². The molecule has 0 aliphatic carbocycles. The van der Waals surface area contributed by atoms with Crippen LogP contribution in [0.4, 0.5) is 5.69 Å². The summed E-state index contributed by atoms with van der Waals surface area (Å²) >= 11 is 0. The normalized spacial score (nSPS) is 12.7. The summed E-state index contributed by atoms with van der Waals surface area (Å²) in [7, 11) is -3.68. The van der Waals surface area contributed by atoms with Crippen LogP contribution in [0.15, 0.2) is 50.8 Å². The molecule has 0 radical (unpaired) electrons. The maximum atomic E-state index is 12.5. The monoisotopic (exact) mass is 380 g/mol. The van der Waals surface area contributed by atoms with Crippen LogP contribution in [0.2, 0.25) is 0 Å². The van der Waals surface area contributed by atoms with Crippen molar-refractivity contribution < 1.29 is 23.1 Å². The van der Waals surface area contributed by atoms with Crippen molar-refractivity contribution in [2.75, 3.05) is 19.7 Å². The molecule has 10 heteroatoms. The number of aliphatic hydroxyl groups excluding tert-OH is 1. The van der Waals surface area contributed by atoms with Crippen LogP contribution in [0.5, 0.6) is 0 Å². The molecule has 9 nitrogen and oxygen atoms in total. The smallest absolute Gasteiger partial charge is 0.363 e. The first-order chi connectivity index (χ1) is 12.3. The van der Waals surface area contributed by atoms with Gasteiger partial charge in [-0.2, -0.15) is 14.7 Å². The van der Waals surface area contributed by atoms with Crippen molar-refractivity contribution in [3.8, 4) is 6.07 Å². The standard InChI is InChI=1S/C16H20N4O5S/c1-4-20(5-2)26(23,24)13-9-7-8-12(10-13)18-19-15(14(21)11-17)16(22)25-6-3/h7-10,21H,4-6H2,1-3H3/b15-14-,19-18?. The molecule has 0 atom stereocenters. The molecule has 0 saturated carbocycles. The lowest BCUT2D eigenvalue weighted by molar-refractivity contribution is -0.138. The van der Waals surface area contributed by atoms with Gasteiger partial charge in [0.1, 0.15) is 6.07 Å². The van der Waals surface area contributed by atoms with Crippen molar-refractivity contribution in [2.45, 2.75) is 25.7 Å². The van der Waals surface area contributed by atoms with Crippen LogP contribution in [0, 0.1) is 11.3 Å². The first kappa shape index (κ1) is 21.3. The van der Waals surface area contributed by atoms with Crippen molar-refractivity contribution in [3.63, 3.8) is 0 Å². The molecule has 1 aromatic rings. The number of hydrogen-bond acceptors (Lipinski definition) is 8. The molecule has 1 N–H and O–H groups in total. The largest absolute Gasteiger partial charge is 0.498 e. The molecule has 0 spiro atoms. The van der Waals surface area contributed by atoms with Crippen LogP contribution in [0.1, 0.15) is 20.8 Å². The fraction of sp³-hybridized carbons (Fsp3) is 0.375. The number of nitriles is 1. The van der Waals surface area contributed by atoms with E-state index in [0.29, 0.717) is 13.1 Å². The second-order valence-corrected chi connectivity index (χ2v) is 6.75. The van der Waals surface area contributed by atoms with E-state index in [1.807, 2.05) is 0 Å². The van der Waals surface area contributed by atoms with E-state index in [2.05, 4.69) is 15.0 Å². The Morgan fingerprint density at radius 3 is 2.50 bits per heavy atom. The quantitative estimate of drug-likeness (QED) is 0.184. The van der Waals surface area contributed by atoms with Crippen LogP contribution in [0.25, 0.3) is 0 Å². The van der Waals surface area contributed by atoms with Gasteiger partial charge < -0.3 is 9.84 Å². The summed E-state index contributed by atoms with van der Waals surface area (Å²) in [5.74, 6) is -1.96. The number of nitrogens with zero attached hydrogens (tertiary/aromatic N) is 4. The van der Waals surface area contributed by atoms with E-state index in [1.165, 1.54) is 34.6 Å². The van der Waals surface area contributed by atoms with Crippen molar-refractivity contribution >= 4 is 21.7 Å². The fourth-order valence-electron chi connectivity index (χ4n) is 1.96. The van der Waals surface area contributed by atoms with E-state index in [0.717, 1.165) is 0 Å². The molecule has 140 valence electrons. The van der Waals surface area contributed by atoms with Gasteiger partial charge in [-0.15, -0.1) is 5.11 Å². The topological polar surface area (TPSA) is 132 Å². The predicted molar refractivity (Wildman–Crippen MR) is 93.0 cm³/mol. The summed E-state index contributed by atoms with van der Waals surface area (Å²) < 4.78 is 31.0. The highest BCUT2D eigenvalue weighted by Gasteiger charge is 2.22. The van der Waals surface area contributed by atoms with E-state index < -0.39 is 27.4 Å². The number of sulfonamides is 1. The molecule has 0 aromatic heterocycles. The highest BCUT2D eigenvalue weighted by molar-refractivity contribution is 7.89. The van der Waals surface area contributed by atoms with Crippen molar-refractivity contribution in [1.82, 2.24) is 4.31 Å². The summed E-state index contributed by atoms with van der Waals surface area (Å²) in [6, 6.07) is 7.03. The van der Waals surface area contributed by atoms with Crippen LogP contribution in [0.3, 0.4) is 0 Å². The number of azo groups is 1. The summed E-state index contributed by atoms with van der Waals surface area (Å²) in [5.41, 5.74) is -0.530. The minimum Gasteiger partial charge on any atom is -0.498 e. The molecule has 0 heterocycles. The number of rotatable bonds is 8. The summed E-state index contributed by atoms with van der Waals surface area (Å²) in [6.07, 6.45) is 0. The number of benzene rings is 1. The highest BCUT2D eigenvalue weighted by Crippen LogP contribution is 2.22. The zero-order chi connectivity index (χ0) is 19.7. The Morgan fingerprint density at radius 1 is 1.31 bits per heavy atom. The predicted octanol–water partition coefficient (Wildman–Crippen LogP) is 2.66. The first-order valence-corrected chi connectivity index (χ1v) is 9.28. The van der Waals surface area contributed by atoms with Gasteiger partial charge in [0.15, 0.2) is 0 Å². The lowest BCUT2D eigenvalue weighted by Crippen LogP contribution is -2.30. The SMILES string of the molecule is CCOC(=O)/C(N=Nc1cccc(S(=O)(=O)N(CC)CC)c1)=C(/O)C#N. The Morgan fingerprint density at radius 2 is 1.96 bits per heavy atom. The molecule has 26 heavy (non-hydrogen) atoms. The number of carbonyl (C=O) groups excluding carboxylic acids is 1. The number of esters is 1. The van der Waals surface area contributed by atoms with Gasteiger partial charge in [-0.25, -0.2) is 13.2 Å². The summed E-state index contributed by atoms with van der Waals surface area (Å²) in [5, 5.41) is 25.5. The molecule has 0 aliphatic rings. The third-order valence-electron chi connectivity index (χ3n) is 3.23. The Kier molecular flexibility index (Phi) is 7.89. The van der Waals surface area contributed by atoms with Crippen molar-refractivity contribution in [3.05, 3.63) is 35.7 Å². The summed E-state index contributed by atoms with van der Waals surface area (Å²) in [4.78, 5) is 11.7. The Labute approximate surface area is 152 Å². The first-order valence-electron chi connectivity index (χ1n) is 7.84. The van der Waals surface area contributed by atoms with Gasteiger partial charge in [-0.3, -0.25) is 0 Å². The van der Waals surface area contributed by atoms with E-state index in [1.54, 1.807) is 20.8 Å². The van der Waals surface area contributed by atoms with Crippen LogP contribution < -0.4 is 0 Å². The van der Waals surface area contributed by atoms with E-state index in [4.69, 9.17) is 5.26 Å². The lowest BCUT2D eigenvalue weighted by atomic mass is 10.3. The molecule has 0 amide bonds. The zero-order valence-corrected chi connectivity index (χ0v) is 15.5.